The molecule has 0 aliphatic heterocycles. The van der Waals surface area contributed by atoms with E-state index in [1.807, 2.05) is 0 Å². The molecule has 0 aliphatic carbocycles. The van der Waals surface area contributed by atoms with Crippen LogP contribution in [-0.4, -0.2) is 16.5 Å². The van der Waals surface area contributed by atoms with Gasteiger partial charge in [0, 0.05) is 26.3 Å². The van der Waals surface area contributed by atoms with Crippen LogP contribution in [0.2, 0.25) is 0 Å². The van der Waals surface area contributed by atoms with E-state index in [1.54, 1.807) is 32.9 Å². The maximum absolute atomic E-state index is 12.8. The number of benzene rings is 1. The Morgan fingerprint density at radius 3 is 2.50 bits per heavy atom. The Kier molecular flexibility index (Phi) is 2.89. The van der Waals surface area contributed by atoms with Crippen molar-refractivity contribution in [1.82, 2.24) is 0 Å². The minimum atomic E-state index is -0.494. The molecule has 14 heavy (non-hydrogen) atoms. The SMILES string of the molecule is CC(C)(C)[N+]([O-])=Cc1cccc(F)c1. The van der Waals surface area contributed by atoms with Crippen LogP contribution in [0.1, 0.15) is 26.3 Å². The van der Waals surface area contributed by atoms with Gasteiger partial charge in [0.2, 0.25) is 0 Å². The average Bonchev–Trinajstić information content (AvgIpc) is 2.02. The standard InChI is InChI=1S/C11H14FNO/c1-11(2,3)13(14)8-9-5-4-6-10(12)7-9/h4-8H,1-3H3. The first-order valence-electron chi connectivity index (χ1n) is 4.46. The van der Waals surface area contributed by atoms with Gasteiger partial charge in [-0.1, -0.05) is 6.07 Å². The fourth-order valence-corrected chi connectivity index (χ4v) is 0.916. The summed E-state index contributed by atoms with van der Waals surface area (Å²) >= 11 is 0. The Morgan fingerprint density at radius 1 is 1.36 bits per heavy atom. The quantitative estimate of drug-likeness (QED) is 0.293. The molecule has 76 valence electrons. The molecule has 0 amide bonds. The molecule has 1 rings (SSSR count). The molecule has 1 aromatic carbocycles. The lowest BCUT2D eigenvalue weighted by molar-refractivity contribution is -0.530. The maximum Gasteiger partial charge on any atom is 0.182 e. The van der Waals surface area contributed by atoms with Crippen LogP contribution in [0.25, 0.3) is 0 Å². The van der Waals surface area contributed by atoms with Gasteiger partial charge in [-0.25, -0.2) is 9.13 Å². The van der Waals surface area contributed by atoms with Gasteiger partial charge in [0.25, 0.3) is 0 Å². The highest BCUT2D eigenvalue weighted by atomic mass is 19.1. The first-order chi connectivity index (χ1) is 6.39. The maximum atomic E-state index is 12.8. The van der Waals surface area contributed by atoms with Crippen LogP contribution >= 0.6 is 0 Å². The highest BCUT2D eigenvalue weighted by Gasteiger charge is 2.17. The summed E-state index contributed by atoms with van der Waals surface area (Å²) in [6.07, 6.45) is 1.39. The van der Waals surface area contributed by atoms with Crippen LogP contribution < -0.4 is 0 Å². The van der Waals surface area contributed by atoms with E-state index in [2.05, 4.69) is 0 Å². The second-order valence-electron chi connectivity index (χ2n) is 4.18. The highest BCUT2D eigenvalue weighted by Crippen LogP contribution is 2.07. The topological polar surface area (TPSA) is 26.1 Å². The van der Waals surface area contributed by atoms with Crippen LogP contribution in [0.15, 0.2) is 24.3 Å². The van der Waals surface area contributed by atoms with Crippen molar-refractivity contribution in [2.24, 2.45) is 0 Å². The summed E-state index contributed by atoms with van der Waals surface area (Å²) in [4.78, 5) is 0. The van der Waals surface area contributed by atoms with E-state index in [0.717, 1.165) is 4.74 Å². The third-order valence-electron chi connectivity index (χ3n) is 1.78. The number of halogens is 1. The zero-order valence-electron chi connectivity index (χ0n) is 8.62. The van der Waals surface area contributed by atoms with Crippen molar-refractivity contribution in [2.45, 2.75) is 26.3 Å². The predicted octanol–water partition coefficient (Wildman–Crippen LogP) is 2.55. The van der Waals surface area contributed by atoms with Gasteiger partial charge in [0.1, 0.15) is 5.82 Å². The fraction of sp³-hybridized carbons (Fsp3) is 0.364. The third kappa shape index (κ3) is 2.83. The van der Waals surface area contributed by atoms with Crippen LogP contribution in [-0.2, 0) is 0 Å². The Labute approximate surface area is 83.3 Å². The number of rotatable bonds is 1. The largest absolute Gasteiger partial charge is 0.623 e. The molecule has 0 aliphatic rings. The molecule has 0 unspecified atom stereocenters. The van der Waals surface area contributed by atoms with E-state index in [-0.39, 0.29) is 5.82 Å². The van der Waals surface area contributed by atoms with Gasteiger partial charge in [-0.3, -0.25) is 0 Å². The van der Waals surface area contributed by atoms with E-state index in [9.17, 15) is 9.60 Å². The van der Waals surface area contributed by atoms with Crippen LogP contribution in [0, 0.1) is 11.0 Å². The number of hydrogen-bond donors (Lipinski definition) is 0. The minimum Gasteiger partial charge on any atom is -0.623 e. The lowest BCUT2D eigenvalue weighted by Gasteiger charge is -2.18. The molecule has 3 heteroatoms. The summed E-state index contributed by atoms with van der Waals surface area (Å²) in [5.74, 6) is -0.332. The Bertz CT molecular complexity index is 353. The number of hydroxylamine groups is 1. The van der Waals surface area contributed by atoms with Crippen molar-refractivity contribution < 1.29 is 9.13 Å². The van der Waals surface area contributed by atoms with E-state index >= 15 is 0 Å². The van der Waals surface area contributed by atoms with Crippen molar-refractivity contribution in [1.29, 1.82) is 0 Å². The molecule has 0 saturated heterocycles. The smallest absolute Gasteiger partial charge is 0.182 e. The molecule has 0 bridgehead atoms. The fourth-order valence-electron chi connectivity index (χ4n) is 0.916. The van der Waals surface area contributed by atoms with Crippen LogP contribution in [0.3, 0.4) is 0 Å². The molecule has 0 spiro atoms. The molecular weight excluding hydrogens is 181 g/mol. The van der Waals surface area contributed by atoms with Crippen molar-refractivity contribution in [3.63, 3.8) is 0 Å². The first kappa shape index (κ1) is 10.7. The van der Waals surface area contributed by atoms with E-state index in [1.165, 1.54) is 18.3 Å². The van der Waals surface area contributed by atoms with E-state index in [0.29, 0.717) is 5.56 Å². The van der Waals surface area contributed by atoms with Gasteiger partial charge in [0.05, 0.1) is 0 Å². The summed E-state index contributed by atoms with van der Waals surface area (Å²) < 4.78 is 13.6. The van der Waals surface area contributed by atoms with Gasteiger partial charge in [0.15, 0.2) is 11.8 Å². The summed E-state index contributed by atoms with van der Waals surface area (Å²) in [6, 6.07) is 5.96. The van der Waals surface area contributed by atoms with Gasteiger partial charge < -0.3 is 5.21 Å². The zero-order chi connectivity index (χ0) is 10.8. The Morgan fingerprint density at radius 2 is 2.00 bits per heavy atom. The van der Waals surface area contributed by atoms with Gasteiger partial charge in [-0.05, 0) is 18.2 Å². The van der Waals surface area contributed by atoms with Gasteiger partial charge in [-0.2, -0.15) is 0 Å². The molecule has 0 heterocycles. The van der Waals surface area contributed by atoms with Crippen molar-refractivity contribution in [3.8, 4) is 0 Å². The van der Waals surface area contributed by atoms with E-state index < -0.39 is 5.54 Å². The number of nitrogens with zero attached hydrogens (tertiary/aromatic N) is 1. The monoisotopic (exact) mass is 195 g/mol. The van der Waals surface area contributed by atoms with E-state index in [4.69, 9.17) is 0 Å². The van der Waals surface area contributed by atoms with Crippen molar-refractivity contribution >= 4 is 6.21 Å². The Hall–Kier alpha value is -1.38. The first-order valence-corrected chi connectivity index (χ1v) is 4.46. The Balaban J connectivity index is 2.98. The molecule has 0 atom stereocenters. The van der Waals surface area contributed by atoms with Crippen LogP contribution in [0.5, 0.6) is 0 Å². The summed E-state index contributed by atoms with van der Waals surface area (Å²) in [6.45, 7) is 5.40. The zero-order valence-corrected chi connectivity index (χ0v) is 8.62. The summed E-state index contributed by atoms with van der Waals surface area (Å²) in [7, 11) is 0. The predicted molar refractivity (Wildman–Crippen MR) is 54.9 cm³/mol. The minimum absolute atomic E-state index is 0.332. The van der Waals surface area contributed by atoms with Gasteiger partial charge in [-0.15, -0.1) is 0 Å². The lowest BCUT2D eigenvalue weighted by Crippen LogP contribution is -2.29. The average molecular weight is 195 g/mol. The normalized spacial score (nSPS) is 13.0. The highest BCUT2D eigenvalue weighted by molar-refractivity contribution is 5.75. The molecule has 0 saturated carbocycles. The van der Waals surface area contributed by atoms with Gasteiger partial charge >= 0.3 is 0 Å². The molecule has 0 aromatic heterocycles. The number of hydrogen-bond acceptors (Lipinski definition) is 1. The van der Waals surface area contributed by atoms with Crippen LogP contribution in [0.4, 0.5) is 4.39 Å². The summed E-state index contributed by atoms with van der Waals surface area (Å²) in [5, 5.41) is 11.5. The molecule has 0 fully saturated rings. The molecule has 2 nitrogen and oxygen atoms in total. The second kappa shape index (κ2) is 3.78. The summed E-state index contributed by atoms with van der Waals surface area (Å²) in [5.41, 5.74) is 0.0849. The van der Waals surface area contributed by atoms with Crippen molar-refractivity contribution in [3.05, 3.63) is 40.9 Å². The third-order valence-corrected chi connectivity index (χ3v) is 1.78. The molecule has 1 aromatic rings. The lowest BCUT2D eigenvalue weighted by atomic mass is 10.1. The molecular formula is C11H14FNO. The molecule has 0 radical (unpaired) electrons. The second-order valence-corrected chi connectivity index (χ2v) is 4.18. The molecule has 0 N–H and O–H groups in total. The van der Waals surface area contributed by atoms with Crippen molar-refractivity contribution in [2.75, 3.05) is 0 Å².